The number of nitrogens with two attached hydrogens (primary N) is 1. The summed E-state index contributed by atoms with van der Waals surface area (Å²) in [6, 6.07) is 43.0. The molecule has 0 aromatic heterocycles. The van der Waals surface area contributed by atoms with Crippen molar-refractivity contribution < 1.29 is 0 Å². The number of hydrogen-bond acceptors (Lipinski definition) is 5. The Morgan fingerprint density at radius 1 is 0.371 bits per heavy atom. The monoisotopic (exact) mass is 491 g/mol. The molecule has 2 aliphatic rings. The van der Waals surface area contributed by atoms with Crippen molar-refractivity contribution in [3.63, 3.8) is 0 Å². The molecule has 35 heavy (non-hydrogen) atoms. The molecule has 0 spiro atoms. The second kappa shape index (κ2) is 11.1. The number of nitrogen functional groups attached to an aromatic ring is 1. The minimum Gasteiger partial charge on any atom is -0.399 e. The van der Waals surface area contributed by atoms with E-state index in [1.807, 2.05) is 53.9 Å². The lowest BCUT2D eigenvalue weighted by Gasteiger charge is -2.19. The highest BCUT2D eigenvalue weighted by molar-refractivity contribution is 8.00. The lowest BCUT2D eigenvalue weighted by Crippen LogP contribution is -1.98. The number of anilines is 5. The van der Waals surface area contributed by atoms with E-state index < -0.39 is 0 Å². The second-order valence-electron chi connectivity index (χ2n) is 7.85. The first-order valence-corrected chi connectivity index (χ1v) is 13.0. The molecule has 2 heterocycles. The van der Waals surface area contributed by atoms with Crippen LogP contribution < -0.4 is 16.4 Å². The van der Waals surface area contributed by atoms with Gasteiger partial charge in [0, 0.05) is 25.3 Å². The third kappa shape index (κ3) is 5.83. The first-order valence-electron chi connectivity index (χ1n) is 11.3. The molecule has 0 fully saturated rings. The molecule has 0 unspecified atom stereocenters. The van der Waals surface area contributed by atoms with Crippen molar-refractivity contribution in [2.45, 2.75) is 19.6 Å². The summed E-state index contributed by atoms with van der Waals surface area (Å²) in [6.07, 6.45) is 0. The van der Waals surface area contributed by atoms with Crippen LogP contribution in [0.25, 0.3) is 0 Å². The number of para-hydroxylation sites is 5. The van der Waals surface area contributed by atoms with E-state index in [-0.39, 0.29) is 0 Å². The van der Waals surface area contributed by atoms with Crippen LogP contribution in [0.2, 0.25) is 0 Å². The van der Waals surface area contributed by atoms with E-state index >= 15 is 0 Å². The molecule has 0 bridgehead atoms. The predicted octanol–water partition coefficient (Wildman–Crippen LogP) is 9.06. The van der Waals surface area contributed by atoms with Crippen LogP contribution in [-0.2, 0) is 0 Å². The van der Waals surface area contributed by atoms with E-state index in [9.17, 15) is 0 Å². The van der Waals surface area contributed by atoms with Gasteiger partial charge >= 0.3 is 0 Å². The predicted molar refractivity (Wildman–Crippen MR) is 151 cm³/mol. The first-order chi connectivity index (χ1) is 17.3. The number of rotatable bonds is 0. The van der Waals surface area contributed by atoms with Crippen LogP contribution in [0.5, 0.6) is 0 Å². The SMILES string of the molecule is Nc1ccccc1.c1ccc2c(c1)Nc1ccccc1S2.c1ccc2c(c1)Nc1ccccc1S2. The van der Waals surface area contributed by atoms with E-state index in [0.29, 0.717) is 0 Å². The van der Waals surface area contributed by atoms with Crippen molar-refractivity contribution in [3.05, 3.63) is 127 Å². The molecule has 5 aromatic rings. The summed E-state index contributed by atoms with van der Waals surface area (Å²) >= 11 is 3.64. The maximum absolute atomic E-state index is 5.36. The molecule has 0 saturated carbocycles. The minimum atomic E-state index is 0.822. The van der Waals surface area contributed by atoms with E-state index in [0.717, 1.165) is 5.69 Å². The zero-order valence-corrected chi connectivity index (χ0v) is 20.7. The highest BCUT2D eigenvalue weighted by atomic mass is 32.2. The molecule has 0 amide bonds. The van der Waals surface area contributed by atoms with E-state index in [1.54, 1.807) is 0 Å². The van der Waals surface area contributed by atoms with Gasteiger partial charge in [0.1, 0.15) is 0 Å². The summed E-state index contributed by atoms with van der Waals surface area (Å²) in [6.45, 7) is 0. The van der Waals surface area contributed by atoms with Gasteiger partial charge < -0.3 is 16.4 Å². The van der Waals surface area contributed by atoms with Crippen LogP contribution >= 0.6 is 23.5 Å². The van der Waals surface area contributed by atoms with Crippen molar-refractivity contribution in [1.82, 2.24) is 0 Å². The Morgan fingerprint density at radius 2 is 0.657 bits per heavy atom. The summed E-state index contributed by atoms with van der Waals surface area (Å²) < 4.78 is 0. The Labute approximate surface area is 214 Å². The lowest BCUT2D eigenvalue weighted by atomic mass is 10.2. The molecule has 0 atom stereocenters. The van der Waals surface area contributed by atoms with Crippen LogP contribution in [0, 0.1) is 0 Å². The van der Waals surface area contributed by atoms with Gasteiger partial charge in [-0.05, 0) is 60.7 Å². The van der Waals surface area contributed by atoms with E-state index in [1.165, 1.54) is 42.3 Å². The maximum Gasteiger partial charge on any atom is 0.0526 e. The van der Waals surface area contributed by atoms with Crippen molar-refractivity contribution in [2.24, 2.45) is 0 Å². The van der Waals surface area contributed by atoms with Gasteiger partial charge in [0.05, 0.1) is 22.7 Å². The van der Waals surface area contributed by atoms with Gasteiger partial charge in [-0.2, -0.15) is 0 Å². The Hall–Kier alpha value is -3.80. The van der Waals surface area contributed by atoms with Crippen molar-refractivity contribution in [2.75, 3.05) is 16.4 Å². The van der Waals surface area contributed by atoms with Gasteiger partial charge in [-0.1, -0.05) is 90.3 Å². The molecule has 5 heteroatoms. The smallest absolute Gasteiger partial charge is 0.0526 e. The van der Waals surface area contributed by atoms with Crippen LogP contribution in [0.1, 0.15) is 0 Å². The zero-order chi connectivity index (χ0) is 23.9. The molecule has 0 radical (unpaired) electrons. The largest absolute Gasteiger partial charge is 0.399 e. The number of fused-ring (bicyclic) bond motifs is 4. The van der Waals surface area contributed by atoms with Gasteiger partial charge in [-0.3, -0.25) is 0 Å². The first kappa shape index (κ1) is 23.0. The topological polar surface area (TPSA) is 50.1 Å². The minimum absolute atomic E-state index is 0.822. The maximum atomic E-state index is 5.36. The summed E-state index contributed by atoms with van der Waals surface area (Å²) in [7, 11) is 0. The average Bonchev–Trinajstić information content (AvgIpc) is 2.92. The summed E-state index contributed by atoms with van der Waals surface area (Å²) in [5, 5.41) is 6.84. The summed E-state index contributed by atoms with van der Waals surface area (Å²) in [4.78, 5) is 5.19. The lowest BCUT2D eigenvalue weighted by molar-refractivity contribution is 1.32. The standard InChI is InChI=1S/2C12H9NS.C6H7N/c2*1-3-7-11-9(5-1)13-10-6-2-4-8-12(10)14-11;7-6-4-2-1-3-5-6/h2*1-8,13H;1-5H,7H2. The van der Waals surface area contributed by atoms with Crippen LogP contribution in [0.3, 0.4) is 0 Å². The van der Waals surface area contributed by atoms with E-state index in [4.69, 9.17) is 5.73 Å². The molecule has 172 valence electrons. The number of hydrogen-bond donors (Lipinski definition) is 3. The fourth-order valence-electron chi connectivity index (χ4n) is 3.62. The van der Waals surface area contributed by atoms with Gasteiger partial charge in [0.2, 0.25) is 0 Å². The van der Waals surface area contributed by atoms with Crippen molar-refractivity contribution >= 4 is 52.0 Å². The summed E-state index contributed by atoms with van der Waals surface area (Å²) in [5.74, 6) is 0. The van der Waals surface area contributed by atoms with Crippen LogP contribution in [0.4, 0.5) is 28.4 Å². The second-order valence-corrected chi connectivity index (χ2v) is 10.0. The van der Waals surface area contributed by atoms with Crippen molar-refractivity contribution in [1.29, 1.82) is 0 Å². The number of nitrogens with one attached hydrogen (secondary N) is 2. The third-order valence-corrected chi connectivity index (χ3v) is 7.63. The molecular weight excluding hydrogens is 466 g/mol. The van der Waals surface area contributed by atoms with E-state index in [2.05, 4.69) is 108 Å². The Kier molecular flexibility index (Phi) is 7.27. The molecular formula is C30H25N3S2. The molecule has 3 nitrogen and oxygen atoms in total. The molecule has 2 aliphatic heterocycles. The van der Waals surface area contributed by atoms with Gasteiger partial charge in [0.25, 0.3) is 0 Å². The highest BCUT2D eigenvalue weighted by Crippen LogP contribution is 2.44. The molecule has 4 N–H and O–H groups in total. The van der Waals surface area contributed by atoms with Gasteiger partial charge in [-0.25, -0.2) is 0 Å². The Balaban J connectivity index is 0.000000115. The Bertz CT molecular complexity index is 1150. The van der Waals surface area contributed by atoms with Crippen LogP contribution in [-0.4, -0.2) is 0 Å². The fourth-order valence-corrected chi connectivity index (χ4v) is 5.59. The normalized spacial score (nSPS) is 11.8. The quantitative estimate of drug-likeness (QED) is 0.185. The average molecular weight is 492 g/mol. The molecule has 0 aliphatic carbocycles. The number of benzene rings is 5. The highest BCUT2D eigenvalue weighted by Gasteiger charge is 2.14. The molecule has 7 rings (SSSR count). The third-order valence-electron chi connectivity index (χ3n) is 5.33. The van der Waals surface area contributed by atoms with Crippen molar-refractivity contribution in [3.8, 4) is 0 Å². The zero-order valence-electron chi connectivity index (χ0n) is 19.0. The summed E-state index contributed by atoms with van der Waals surface area (Å²) in [5.41, 5.74) is 11.0. The molecule has 0 saturated heterocycles. The van der Waals surface area contributed by atoms with Gasteiger partial charge in [-0.15, -0.1) is 0 Å². The van der Waals surface area contributed by atoms with Crippen LogP contribution in [0.15, 0.2) is 147 Å². The fraction of sp³-hybridized carbons (Fsp3) is 0. The Morgan fingerprint density at radius 3 is 0.943 bits per heavy atom. The van der Waals surface area contributed by atoms with Gasteiger partial charge in [0.15, 0.2) is 0 Å². The molecule has 5 aromatic carbocycles.